The number of hydrogen-bond acceptors (Lipinski definition) is 2. The third-order valence-electron chi connectivity index (χ3n) is 3.76. The van der Waals surface area contributed by atoms with Gasteiger partial charge in [-0.25, -0.2) is 8.78 Å². The fourth-order valence-corrected chi connectivity index (χ4v) is 2.90. The van der Waals surface area contributed by atoms with Crippen LogP contribution < -0.4 is 4.90 Å². The Morgan fingerprint density at radius 2 is 1.86 bits per heavy atom. The van der Waals surface area contributed by atoms with E-state index in [-0.39, 0.29) is 11.3 Å². The van der Waals surface area contributed by atoms with E-state index in [1.54, 1.807) is 11.0 Å². The first-order chi connectivity index (χ1) is 10.1. The Morgan fingerprint density at radius 3 is 2.52 bits per heavy atom. The summed E-state index contributed by atoms with van der Waals surface area (Å²) in [4.78, 5) is 1.68. The molecule has 2 aromatic rings. The summed E-state index contributed by atoms with van der Waals surface area (Å²) < 4.78 is 28.5. The topological polar surface area (TPSA) is 27.0 Å². The van der Waals surface area contributed by atoms with Crippen molar-refractivity contribution in [3.8, 4) is 6.07 Å². The molecular formula is C17H14F2N2. The minimum absolute atomic E-state index is 0.00732. The maximum Gasteiger partial charge on any atom is 0.151 e. The van der Waals surface area contributed by atoms with Gasteiger partial charge in [0, 0.05) is 12.2 Å². The first-order valence-electron chi connectivity index (χ1n) is 6.84. The Morgan fingerprint density at radius 1 is 1.19 bits per heavy atom. The van der Waals surface area contributed by atoms with Gasteiger partial charge in [-0.3, -0.25) is 0 Å². The number of nitrogens with zero attached hydrogens (tertiary/aromatic N) is 2. The molecule has 0 saturated heterocycles. The average molecular weight is 284 g/mol. The van der Waals surface area contributed by atoms with E-state index in [2.05, 4.69) is 6.92 Å². The highest BCUT2D eigenvalue weighted by Gasteiger charge is 2.27. The van der Waals surface area contributed by atoms with E-state index in [0.717, 1.165) is 29.8 Å². The maximum absolute atomic E-state index is 14.3. The van der Waals surface area contributed by atoms with Gasteiger partial charge in [0.25, 0.3) is 0 Å². The molecule has 0 spiro atoms. The lowest BCUT2D eigenvalue weighted by atomic mass is 9.93. The molecule has 21 heavy (non-hydrogen) atoms. The third-order valence-corrected chi connectivity index (χ3v) is 3.76. The highest BCUT2D eigenvalue weighted by atomic mass is 19.1. The molecule has 4 heteroatoms. The number of hydrogen-bond donors (Lipinski definition) is 0. The molecule has 0 saturated carbocycles. The van der Waals surface area contributed by atoms with Crippen molar-refractivity contribution in [3.63, 3.8) is 0 Å². The second-order valence-electron chi connectivity index (χ2n) is 5.45. The summed E-state index contributed by atoms with van der Waals surface area (Å²) in [6.45, 7) is 2.61. The van der Waals surface area contributed by atoms with Crippen LogP contribution in [-0.2, 0) is 6.42 Å². The molecule has 0 aromatic heterocycles. The van der Waals surface area contributed by atoms with Crippen molar-refractivity contribution in [3.05, 3.63) is 59.2 Å². The summed E-state index contributed by atoms with van der Waals surface area (Å²) in [7, 11) is 0. The molecule has 1 aliphatic rings. The SMILES string of the molecule is CC1Cc2ccccc2N(c2c(F)cc(C#N)cc2F)C1. The Labute approximate surface area is 122 Å². The van der Waals surface area contributed by atoms with E-state index in [1.807, 2.05) is 24.3 Å². The summed E-state index contributed by atoms with van der Waals surface area (Å²) in [5.74, 6) is -1.10. The van der Waals surface area contributed by atoms with E-state index in [1.165, 1.54) is 0 Å². The minimum atomic E-state index is -0.699. The van der Waals surface area contributed by atoms with E-state index < -0.39 is 11.6 Å². The number of anilines is 2. The molecule has 0 fully saturated rings. The number of para-hydroxylation sites is 1. The summed E-state index contributed by atoms with van der Waals surface area (Å²) >= 11 is 0. The standard InChI is InChI=1S/C17H14F2N2/c1-11-6-13-4-2-3-5-16(13)21(10-11)17-14(18)7-12(9-20)8-15(17)19/h2-5,7-8,11H,6,10H2,1H3. The first kappa shape index (κ1) is 13.6. The molecule has 1 unspecified atom stereocenters. The van der Waals surface area contributed by atoms with Crippen molar-refractivity contribution in [2.45, 2.75) is 13.3 Å². The zero-order chi connectivity index (χ0) is 15.0. The molecular weight excluding hydrogens is 270 g/mol. The molecule has 3 rings (SSSR count). The van der Waals surface area contributed by atoms with Gasteiger partial charge in [-0.2, -0.15) is 5.26 Å². The van der Waals surface area contributed by atoms with Crippen LogP contribution in [0.4, 0.5) is 20.2 Å². The van der Waals surface area contributed by atoms with E-state index in [4.69, 9.17) is 5.26 Å². The summed E-state index contributed by atoms with van der Waals surface area (Å²) in [5, 5.41) is 8.79. The van der Waals surface area contributed by atoms with Gasteiger partial charge in [-0.1, -0.05) is 25.1 Å². The monoisotopic (exact) mass is 284 g/mol. The van der Waals surface area contributed by atoms with Crippen LogP contribution in [0.3, 0.4) is 0 Å². The quantitative estimate of drug-likeness (QED) is 0.786. The van der Waals surface area contributed by atoms with Gasteiger partial charge < -0.3 is 4.90 Å². The largest absolute Gasteiger partial charge is 0.336 e. The highest BCUT2D eigenvalue weighted by Crippen LogP contribution is 2.38. The number of fused-ring (bicyclic) bond motifs is 1. The smallest absolute Gasteiger partial charge is 0.151 e. The van der Waals surface area contributed by atoms with Gasteiger partial charge in [-0.05, 0) is 36.1 Å². The van der Waals surface area contributed by atoms with Gasteiger partial charge >= 0.3 is 0 Å². The van der Waals surface area contributed by atoms with E-state index in [0.29, 0.717) is 12.5 Å². The highest BCUT2D eigenvalue weighted by molar-refractivity contribution is 5.69. The van der Waals surface area contributed by atoms with E-state index in [9.17, 15) is 8.78 Å². The summed E-state index contributed by atoms with van der Waals surface area (Å²) in [6, 6.07) is 11.6. The van der Waals surface area contributed by atoms with Gasteiger partial charge in [0.15, 0.2) is 11.6 Å². The van der Waals surface area contributed by atoms with Crippen molar-refractivity contribution in [1.29, 1.82) is 5.26 Å². The molecule has 2 aromatic carbocycles. The fourth-order valence-electron chi connectivity index (χ4n) is 2.90. The lowest BCUT2D eigenvalue weighted by molar-refractivity contribution is 0.534. The van der Waals surface area contributed by atoms with Gasteiger partial charge in [0.2, 0.25) is 0 Å². The lowest BCUT2D eigenvalue weighted by Gasteiger charge is -2.35. The Balaban J connectivity index is 2.16. The van der Waals surface area contributed by atoms with Crippen molar-refractivity contribution in [2.75, 3.05) is 11.4 Å². The second kappa shape index (κ2) is 5.17. The van der Waals surface area contributed by atoms with Crippen molar-refractivity contribution < 1.29 is 8.78 Å². The molecule has 106 valence electrons. The Hall–Kier alpha value is -2.41. The van der Waals surface area contributed by atoms with Crippen LogP contribution in [0.2, 0.25) is 0 Å². The lowest BCUT2D eigenvalue weighted by Crippen LogP contribution is -2.31. The number of benzene rings is 2. The summed E-state index contributed by atoms with van der Waals surface area (Å²) in [5.41, 5.74) is 1.83. The fraction of sp³-hybridized carbons (Fsp3) is 0.235. The van der Waals surface area contributed by atoms with Gasteiger partial charge in [-0.15, -0.1) is 0 Å². The van der Waals surface area contributed by atoms with Crippen LogP contribution in [0.1, 0.15) is 18.1 Å². The van der Waals surface area contributed by atoms with Crippen LogP contribution in [-0.4, -0.2) is 6.54 Å². The summed E-state index contributed by atoms with van der Waals surface area (Å²) in [6.07, 6.45) is 0.895. The predicted octanol–water partition coefficient (Wildman–Crippen LogP) is 4.17. The molecule has 0 bridgehead atoms. The number of halogens is 2. The normalized spacial score (nSPS) is 17.2. The first-order valence-corrected chi connectivity index (χ1v) is 6.84. The molecule has 0 N–H and O–H groups in total. The van der Waals surface area contributed by atoms with Crippen LogP contribution in [0.5, 0.6) is 0 Å². The van der Waals surface area contributed by atoms with Crippen LogP contribution >= 0.6 is 0 Å². The van der Waals surface area contributed by atoms with Crippen molar-refractivity contribution >= 4 is 11.4 Å². The molecule has 0 radical (unpaired) electrons. The zero-order valence-electron chi connectivity index (χ0n) is 11.6. The van der Waals surface area contributed by atoms with Crippen LogP contribution in [0, 0.1) is 28.9 Å². The second-order valence-corrected chi connectivity index (χ2v) is 5.45. The zero-order valence-corrected chi connectivity index (χ0v) is 11.6. The predicted molar refractivity (Wildman–Crippen MR) is 77.4 cm³/mol. The third kappa shape index (κ3) is 2.36. The minimum Gasteiger partial charge on any atom is -0.336 e. The molecule has 1 aliphatic heterocycles. The average Bonchev–Trinajstić information content (AvgIpc) is 2.46. The van der Waals surface area contributed by atoms with Crippen LogP contribution in [0.15, 0.2) is 36.4 Å². The Kier molecular flexibility index (Phi) is 3.34. The van der Waals surface area contributed by atoms with Crippen LogP contribution in [0.25, 0.3) is 0 Å². The van der Waals surface area contributed by atoms with Crippen molar-refractivity contribution in [2.24, 2.45) is 5.92 Å². The van der Waals surface area contributed by atoms with Gasteiger partial charge in [0.1, 0.15) is 5.69 Å². The Bertz CT molecular complexity index is 711. The molecule has 1 atom stereocenters. The number of rotatable bonds is 1. The van der Waals surface area contributed by atoms with Gasteiger partial charge in [0.05, 0.1) is 11.6 Å². The molecule has 0 amide bonds. The molecule has 0 aliphatic carbocycles. The molecule has 1 heterocycles. The molecule has 2 nitrogen and oxygen atoms in total. The van der Waals surface area contributed by atoms with Crippen molar-refractivity contribution in [1.82, 2.24) is 0 Å². The number of nitriles is 1. The van der Waals surface area contributed by atoms with E-state index >= 15 is 0 Å². The maximum atomic E-state index is 14.3.